The maximum absolute atomic E-state index is 12.6. The molecule has 2 aromatic rings. The quantitative estimate of drug-likeness (QED) is 0.830. The van der Waals surface area contributed by atoms with Crippen LogP contribution < -0.4 is 10.2 Å². The summed E-state index contributed by atoms with van der Waals surface area (Å²) in [6.07, 6.45) is 0. The Morgan fingerprint density at radius 2 is 1.67 bits per heavy atom. The number of nitrogens with zero attached hydrogens (tertiary/aromatic N) is 2. The average Bonchev–Trinajstić information content (AvgIpc) is 2.68. The third-order valence-electron chi connectivity index (χ3n) is 5.24. The Labute approximate surface area is 167 Å². The second kappa shape index (κ2) is 8.77. The van der Waals surface area contributed by atoms with Crippen molar-refractivity contribution in [3.05, 3.63) is 64.7 Å². The predicted molar refractivity (Wildman–Crippen MR) is 113 cm³/mol. The van der Waals surface area contributed by atoms with Crippen LogP contribution in [0.4, 0.5) is 5.69 Å². The van der Waals surface area contributed by atoms with Gasteiger partial charge in [0.2, 0.25) is 0 Å². The minimum Gasteiger partial charge on any atom is -0.369 e. The zero-order chi connectivity index (χ0) is 19.4. The molecule has 4 nitrogen and oxygen atoms in total. The Kier molecular flexibility index (Phi) is 6.40. The molecule has 5 heteroatoms. The van der Waals surface area contributed by atoms with Crippen molar-refractivity contribution in [2.24, 2.45) is 0 Å². The van der Waals surface area contributed by atoms with Crippen molar-refractivity contribution in [3.63, 3.8) is 0 Å². The first-order valence-corrected chi connectivity index (χ1v) is 9.97. The lowest BCUT2D eigenvalue weighted by Crippen LogP contribution is -2.48. The fourth-order valence-corrected chi connectivity index (χ4v) is 3.66. The van der Waals surface area contributed by atoms with Gasteiger partial charge >= 0.3 is 0 Å². The summed E-state index contributed by atoms with van der Waals surface area (Å²) in [5, 5.41) is 3.72. The molecule has 1 N–H and O–H groups in total. The van der Waals surface area contributed by atoms with Crippen LogP contribution in [0.3, 0.4) is 0 Å². The smallest absolute Gasteiger partial charge is 0.251 e. The molecule has 1 aliphatic heterocycles. The van der Waals surface area contributed by atoms with E-state index >= 15 is 0 Å². The van der Waals surface area contributed by atoms with Crippen molar-refractivity contribution < 1.29 is 4.79 Å². The van der Waals surface area contributed by atoms with Crippen LogP contribution in [0, 0.1) is 0 Å². The van der Waals surface area contributed by atoms with E-state index in [1.54, 1.807) is 0 Å². The monoisotopic (exact) mass is 385 g/mol. The second-order valence-corrected chi connectivity index (χ2v) is 7.85. The average molecular weight is 386 g/mol. The summed E-state index contributed by atoms with van der Waals surface area (Å²) in [5.74, 6) is -0.0707. The lowest BCUT2D eigenvalue weighted by atomic mass is 10.1. The first-order chi connectivity index (χ1) is 12.9. The largest absolute Gasteiger partial charge is 0.369 e. The van der Waals surface area contributed by atoms with Gasteiger partial charge in [-0.1, -0.05) is 23.7 Å². The highest BCUT2D eigenvalue weighted by Crippen LogP contribution is 2.20. The van der Waals surface area contributed by atoms with Crippen molar-refractivity contribution >= 4 is 23.2 Å². The van der Waals surface area contributed by atoms with Crippen LogP contribution in [0.2, 0.25) is 5.02 Å². The molecule has 144 valence electrons. The van der Waals surface area contributed by atoms with Gasteiger partial charge in [0.1, 0.15) is 0 Å². The molecule has 27 heavy (non-hydrogen) atoms. The fraction of sp³-hybridized carbons (Fsp3) is 0.409. The molecule has 0 bridgehead atoms. The summed E-state index contributed by atoms with van der Waals surface area (Å²) in [6.45, 7) is 10.7. The van der Waals surface area contributed by atoms with E-state index in [0.717, 1.165) is 31.7 Å². The van der Waals surface area contributed by atoms with Crippen molar-refractivity contribution in [2.45, 2.75) is 32.9 Å². The zero-order valence-corrected chi connectivity index (χ0v) is 17.0. The van der Waals surface area contributed by atoms with Crippen molar-refractivity contribution in [2.75, 3.05) is 31.1 Å². The van der Waals surface area contributed by atoms with Crippen molar-refractivity contribution in [1.82, 2.24) is 10.2 Å². The summed E-state index contributed by atoms with van der Waals surface area (Å²) in [5.41, 5.74) is 2.85. The molecule has 1 saturated heterocycles. The topological polar surface area (TPSA) is 35.6 Å². The number of anilines is 1. The number of benzene rings is 2. The third kappa shape index (κ3) is 5.02. The first kappa shape index (κ1) is 19.7. The molecule has 0 saturated carbocycles. The fourth-order valence-electron chi connectivity index (χ4n) is 3.46. The first-order valence-electron chi connectivity index (χ1n) is 9.59. The number of amides is 1. The van der Waals surface area contributed by atoms with Crippen LogP contribution in [-0.2, 0) is 0 Å². The molecule has 0 aromatic heterocycles. The van der Waals surface area contributed by atoms with E-state index in [1.165, 1.54) is 5.69 Å². The molecule has 0 spiro atoms. The van der Waals surface area contributed by atoms with E-state index in [0.29, 0.717) is 16.6 Å². The van der Waals surface area contributed by atoms with Gasteiger partial charge in [0.15, 0.2) is 0 Å². The highest BCUT2D eigenvalue weighted by Gasteiger charge is 2.19. The summed E-state index contributed by atoms with van der Waals surface area (Å²) in [7, 11) is 0. The Balaban J connectivity index is 1.59. The molecule has 1 aliphatic rings. The minimum atomic E-state index is -0.0972. The van der Waals surface area contributed by atoms with Crippen LogP contribution in [0.15, 0.2) is 48.5 Å². The summed E-state index contributed by atoms with van der Waals surface area (Å²) in [6, 6.07) is 16.0. The zero-order valence-electron chi connectivity index (χ0n) is 16.3. The minimum absolute atomic E-state index is 0.0707. The lowest BCUT2D eigenvalue weighted by molar-refractivity contribution is 0.0940. The van der Waals surface area contributed by atoms with Gasteiger partial charge in [-0.2, -0.15) is 0 Å². The molecule has 1 atom stereocenters. The predicted octanol–water partition coefficient (Wildman–Crippen LogP) is 4.36. The summed E-state index contributed by atoms with van der Waals surface area (Å²) < 4.78 is 0. The van der Waals surface area contributed by atoms with Crippen molar-refractivity contribution in [3.8, 4) is 0 Å². The summed E-state index contributed by atoms with van der Waals surface area (Å²) >= 11 is 6.04. The molecule has 0 aliphatic carbocycles. The van der Waals surface area contributed by atoms with Gasteiger partial charge < -0.3 is 10.2 Å². The van der Waals surface area contributed by atoms with E-state index < -0.39 is 0 Å². The lowest BCUT2D eigenvalue weighted by Gasteiger charge is -2.38. The van der Waals surface area contributed by atoms with Gasteiger partial charge in [-0.25, -0.2) is 0 Å². The number of rotatable bonds is 5. The van der Waals surface area contributed by atoms with Crippen LogP contribution in [0.5, 0.6) is 0 Å². The number of halogens is 1. The number of piperazine rings is 1. The highest BCUT2D eigenvalue weighted by molar-refractivity contribution is 6.30. The molecular weight excluding hydrogens is 358 g/mol. The van der Waals surface area contributed by atoms with E-state index in [4.69, 9.17) is 11.6 Å². The Bertz CT molecular complexity index is 767. The SMILES string of the molecule is CC(NC(=O)c1ccc(N2CCN(C(C)C)CC2)cc1)c1cccc(Cl)c1. The molecule has 3 rings (SSSR count). The maximum atomic E-state index is 12.6. The number of carbonyl (C=O) groups excluding carboxylic acids is 1. The van der Waals surface area contributed by atoms with E-state index in [2.05, 4.69) is 29.0 Å². The molecule has 2 aromatic carbocycles. The standard InChI is InChI=1S/C22H28ClN3O/c1-16(2)25-11-13-26(14-12-25)21-9-7-18(8-10-21)22(27)24-17(3)19-5-4-6-20(23)15-19/h4-10,15-17H,11-14H2,1-3H3,(H,24,27). The molecule has 0 radical (unpaired) electrons. The van der Waals surface area contributed by atoms with Gasteiger partial charge in [0.05, 0.1) is 6.04 Å². The molecule has 1 fully saturated rings. The van der Waals surface area contributed by atoms with Gasteiger partial charge in [0, 0.05) is 48.5 Å². The number of hydrogen-bond acceptors (Lipinski definition) is 3. The molecule has 1 unspecified atom stereocenters. The molecule has 1 heterocycles. The third-order valence-corrected chi connectivity index (χ3v) is 5.47. The number of hydrogen-bond donors (Lipinski definition) is 1. The van der Waals surface area contributed by atoms with Gasteiger partial charge in [-0.05, 0) is 62.7 Å². The van der Waals surface area contributed by atoms with Crippen LogP contribution in [0.1, 0.15) is 42.7 Å². The normalized spacial score (nSPS) is 16.4. The van der Waals surface area contributed by atoms with Gasteiger partial charge in [0.25, 0.3) is 5.91 Å². The van der Waals surface area contributed by atoms with E-state index in [-0.39, 0.29) is 11.9 Å². The second-order valence-electron chi connectivity index (χ2n) is 7.41. The van der Waals surface area contributed by atoms with Crippen LogP contribution in [0.25, 0.3) is 0 Å². The Morgan fingerprint density at radius 3 is 2.26 bits per heavy atom. The molecule has 1 amide bonds. The van der Waals surface area contributed by atoms with Gasteiger partial charge in [-0.3, -0.25) is 9.69 Å². The maximum Gasteiger partial charge on any atom is 0.251 e. The van der Waals surface area contributed by atoms with Crippen LogP contribution in [-0.4, -0.2) is 43.0 Å². The van der Waals surface area contributed by atoms with E-state index in [9.17, 15) is 4.79 Å². The highest BCUT2D eigenvalue weighted by atomic mass is 35.5. The van der Waals surface area contributed by atoms with Gasteiger partial charge in [-0.15, -0.1) is 0 Å². The van der Waals surface area contributed by atoms with E-state index in [1.807, 2.05) is 55.5 Å². The Hall–Kier alpha value is -2.04. The summed E-state index contributed by atoms with van der Waals surface area (Å²) in [4.78, 5) is 17.4. The molecular formula is C22H28ClN3O. The number of nitrogens with one attached hydrogen (secondary N) is 1. The number of carbonyl (C=O) groups is 1. The Morgan fingerprint density at radius 1 is 1.00 bits per heavy atom. The van der Waals surface area contributed by atoms with Crippen molar-refractivity contribution in [1.29, 1.82) is 0 Å². The van der Waals surface area contributed by atoms with Crippen LogP contribution >= 0.6 is 11.6 Å².